The molecule has 0 radical (unpaired) electrons. The fourth-order valence-corrected chi connectivity index (χ4v) is 5.67. The van der Waals surface area contributed by atoms with Crippen LogP contribution >= 0.6 is 11.8 Å². The summed E-state index contributed by atoms with van der Waals surface area (Å²) < 4.78 is 5.13. The number of aliphatic hydroxyl groups is 1. The third kappa shape index (κ3) is 7.52. The lowest BCUT2D eigenvalue weighted by Gasteiger charge is -2.26. The predicted octanol–water partition coefficient (Wildman–Crippen LogP) is 3.79. The van der Waals surface area contributed by atoms with Crippen molar-refractivity contribution in [2.24, 2.45) is 11.8 Å². The molecule has 4 atom stereocenters. The zero-order valence-electron chi connectivity index (χ0n) is 22.8. The van der Waals surface area contributed by atoms with E-state index in [0.717, 1.165) is 21.2 Å². The normalized spacial score (nSPS) is 19.5. The van der Waals surface area contributed by atoms with Gasteiger partial charge in [-0.1, -0.05) is 51.6 Å². The highest BCUT2D eigenvalue weighted by Crippen LogP contribution is 2.44. The maximum atomic E-state index is 13.4. The van der Waals surface area contributed by atoms with E-state index in [0.29, 0.717) is 31.4 Å². The number of anilines is 2. The molecule has 1 saturated heterocycles. The van der Waals surface area contributed by atoms with E-state index in [4.69, 9.17) is 4.74 Å². The molecule has 10 heteroatoms. The summed E-state index contributed by atoms with van der Waals surface area (Å²) >= 11 is 1.64. The number of fused-ring (bicyclic) bond motifs is 2. The molecule has 0 aliphatic carbocycles. The number of carbonyl (C=O) groups is 3. The molecule has 2 aromatic rings. The average molecular weight is 555 g/mol. The highest BCUT2D eigenvalue weighted by molar-refractivity contribution is 7.99. The second-order valence-electron chi connectivity index (χ2n) is 10.9. The summed E-state index contributed by atoms with van der Waals surface area (Å²) in [5.41, 5.74) is 2.26. The van der Waals surface area contributed by atoms with Gasteiger partial charge in [0.15, 0.2) is 6.29 Å². The lowest BCUT2D eigenvalue weighted by atomic mass is 9.99. The van der Waals surface area contributed by atoms with Crippen LogP contribution in [0.15, 0.2) is 52.3 Å². The number of nitrogens with one attached hydrogen (secondary N) is 4. The molecule has 3 amide bonds. The summed E-state index contributed by atoms with van der Waals surface area (Å²) in [6, 6.07) is 11.3. The molecule has 0 aromatic heterocycles. The van der Waals surface area contributed by atoms with Crippen molar-refractivity contribution < 1.29 is 24.2 Å². The quantitative estimate of drug-likeness (QED) is 0.258. The lowest BCUT2D eigenvalue weighted by Crippen LogP contribution is -2.56. The molecule has 1 fully saturated rings. The van der Waals surface area contributed by atoms with Gasteiger partial charge in [-0.3, -0.25) is 14.4 Å². The van der Waals surface area contributed by atoms with Crippen LogP contribution in [-0.2, 0) is 14.3 Å². The minimum Gasteiger partial charge on any atom is -0.366 e. The molecule has 9 nitrogen and oxygen atoms in total. The monoisotopic (exact) mass is 554 g/mol. The molecule has 2 aliphatic heterocycles. The second kappa shape index (κ2) is 12.8. The molecule has 2 aliphatic rings. The first-order chi connectivity index (χ1) is 18.6. The number of benzene rings is 2. The van der Waals surface area contributed by atoms with E-state index in [1.54, 1.807) is 23.9 Å². The number of para-hydroxylation sites is 1. The molecule has 4 rings (SSSR count). The number of rotatable bonds is 10. The highest BCUT2D eigenvalue weighted by Gasteiger charge is 2.33. The molecule has 0 saturated carbocycles. The van der Waals surface area contributed by atoms with Crippen LogP contribution in [0.1, 0.15) is 57.3 Å². The summed E-state index contributed by atoms with van der Waals surface area (Å²) in [7, 11) is 0. The second-order valence-corrected chi connectivity index (χ2v) is 12.0. The van der Waals surface area contributed by atoms with Crippen molar-refractivity contribution in [3.05, 3.63) is 48.0 Å². The number of carbonyl (C=O) groups excluding carboxylic acids is 3. The molecule has 39 heavy (non-hydrogen) atoms. The van der Waals surface area contributed by atoms with E-state index < -0.39 is 30.3 Å². The van der Waals surface area contributed by atoms with Crippen molar-refractivity contribution in [3.63, 3.8) is 0 Å². The van der Waals surface area contributed by atoms with Crippen molar-refractivity contribution in [1.29, 1.82) is 0 Å². The zero-order chi connectivity index (χ0) is 28.1. The summed E-state index contributed by atoms with van der Waals surface area (Å²) in [4.78, 5) is 41.9. The van der Waals surface area contributed by atoms with Gasteiger partial charge in [-0.05, 0) is 61.4 Å². The van der Waals surface area contributed by atoms with Crippen LogP contribution in [0, 0.1) is 11.8 Å². The van der Waals surface area contributed by atoms with Crippen molar-refractivity contribution in [2.45, 2.75) is 81.2 Å². The van der Waals surface area contributed by atoms with Gasteiger partial charge in [-0.25, -0.2) is 0 Å². The van der Waals surface area contributed by atoms with Gasteiger partial charge in [-0.2, -0.15) is 0 Å². The molecule has 1 unspecified atom stereocenters. The molecule has 2 aromatic carbocycles. The largest absolute Gasteiger partial charge is 0.366 e. The van der Waals surface area contributed by atoms with E-state index in [1.807, 2.05) is 58.0 Å². The Morgan fingerprint density at radius 2 is 1.62 bits per heavy atom. The minimum absolute atomic E-state index is 0.127. The van der Waals surface area contributed by atoms with E-state index in [9.17, 15) is 19.5 Å². The zero-order valence-corrected chi connectivity index (χ0v) is 23.6. The Hall–Kier alpha value is -3.08. The van der Waals surface area contributed by atoms with E-state index in [1.165, 1.54) is 0 Å². The SMILES string of the molecule is CC(C)C[C@H](NC(=O)c1ccc2c(c1)Nc1ccccc1S2)C(=O)N[C@@H](CC(C)C)C(=O)N[C@H]1CCOC1O. The van der Waals surface area contributed by atoms with Gasteiger partial charge < -0.3 is 31.1 Å². The Morgan fingerprint density at radius 3 is 2.28 bits per heavy atom. The maximum absolute atomic E-state index is 13.4. The van der Waals surface area contributed by atoms with Gasteiger partial charge >= 0.3 is 0 Å². The van der Waals surface area contributed by atoms with Gasteiger partial charge in [0.05, 0.1) is 24.0 Å². The van der Waals surface area contributed by atoms with E-state index in [-0.39, 0.29) is 23.7 Å². The Morgan fingerprint density at radius 1 is 0.949 bits per heavy atom. The Balaban J connectivity index is 1.45. The van der Waals surface area contributed by atoms with Crippen molar-refractivity contribution in [3.8, 4) is 0 Å². The Bertz CT molecular complexity index is 1200. The summed E-state index contributed by atoms with van der Waals surface area (Å²) in [5, 5.41) is 21.8. The standard InChI is InChI=1S/C29H38N4O5S/c1-16(2)13-22(28(36)33-23(14-17(3)4)27(35)31-20-11-12-38-29(20)37)32-26(34)18-9-10-25-21(15-18)30-19-7-5-6-8-24(19)39-25/h5-10,15-17,20,22-23,29-30,37H,11-14H2,1-4H3,(H,31,35)(H,32,34)(H,33,36)/t20-,22-,23-,29?/m0/s1. The molecular formula is C29H38N4O5S. The van der Waals surface area contributed by atoms with Gasteiger partial charge in [0.25, 0.3) is 5.91 Å². The first-order valence-electron chi connectivity index (χ1n) is 13.5. The smallest absolute Gasteiger partial charge is 0.252 e. The van der Waals surface area contributed by atoms with Crippen molar-refractivity contribution in [2.75, 3.05) is 11.9 Å². The third-order valence-corrected chi connectivity index (χ3v) is 7.83. The van der Waals surface area contributed by atoms with Gasteiger partial charge in [0.2, 0.25) is 11.8 Å². The Kier molecular flexibility index (Phi) is 9.53. The molecule has 2 heterocycles. The molecule has 5 N–H and O–H groups in total. The van der Waals surface area contributed by atoms with Crippen LogP contribution in [0.4, 0.5) is 11.4 Å². The van der Waals surface area contributed by atoms with Crippen molar-refractivity contribution in [1.82, 2.24) is 16.0 Å². The summed E-state index contributed by atoms with van der Waals surface area (Å²) in [5.74, 6) is -0.890. The highest BCUT2D eigenvalue weighted by atomic mass is 32.2. The van der Waals surface area contributed by atoms with Crippen molar-refractivity contribution >= 4 is 40.9 Å². The average Bonchev–Trinajstić information content (AvgIpc) is 3.29. The number of amides is 3. The lowest BCUT2D eigenvalue weighted by molar-refractivity contribution is -0.132. The number of ether oxygens (including phenoxy) is 1. The van der Waals surface area contributed by atoms with Crippen LogP contribution in [0.5, 0.6) is 0 Å². The maximum Gasteiger partial charge on any atom is 0.252 e. The first-order valence-corrected chi connectivity index (χ1v) is 14.3. The van der Waals surface area contributed by atoms with Gasteiger partial charge in [-0.15, -0.1) is 0 Å². The van der Waals surface area contributed by atoms with Crippen LogP contribution in [0.25, 0.3) is 0 Å². The van der Waals surface area contributed by atoms with Crippen LogP contribution in [0.2, 0.25) is 0 Å². The predicted molar refractivity (Wildman–Crippen MR) is 151 cm³/mol. The number of aliphatic hydroxyl groups excluding tert-OH is 1. The molecule has 210 valence electrons. The van der Waals surface area contributed by atoms with Gasteiger partial charge in [0.1, 0.15) is 12.1 Å². The Labute approximate surface area is 233 Å². The molecule has 0 bridgehead atoms. The minimum atomic E-state index is -1.06. The van der Waals surface area contributed by atoms with E-state index >= 15 is 0 Å². The van der Waals surface area contributed by atoms with E-state index in [2.05, 4.69) is 21.3 Å². The molecule has 0 spiro atoms. The fourth-order valence-electron chi connectivity index (χ4n) is 4.70. The van der Waals surface area contributed by atoms with Gasteiger partial charge in [0, 0.05) is 15.4 Å². The summed E-state index contributed by atoms with van der Waals surface area (Å²) in [6.45, 7) is 8.24. The third-order valence-electron chi connectivity index (χ3n) is 6.68. The fraction of sp³-hybridized carbons (Fsp3) is 0.483. The first kappa shape index (κ1) is 28.9. The molecular weight excluding hydrogens is 516 g/mol. The van der Waals surface area contributed by atoms with Crippen LogP contribution in [0.3, 0.4) is 0 Å². The van der Waals surface area contributed by atoms with Crippen LogP contribution < -0.4 is 21.3 Å². The summed E-state index contributed by atoms with van der Waals surface area (Å²) in [6.07, 6.45) is 0.269. The topological polar surface area (TPSA) is 129 Å². The number of hydrogen-bond donors (Lipinski definition) is 5. The van der Waals surface area contributed by atoms with Crippen LogP contribution in [-0.4, -0.2) is 53.9 Å². The number of hydrogen-bond acceptors (Lipinski definition) is 7.